The molecule has 7 nitrogen and oxygen atoms in total. The normalized spacial score (nSPS) is 10.9. The fraction of sp³-hybridized carbons (Fsp3) is 0.368. The van der Waals surface area contributed by atoms with Crippen LogP contribution in [-0.4, -0.2) is 37.3 Å². The highest BCUT2D eigenvalue weighted by Gasteiger charge is 2.16. The number of rotatable bonds is 7. The number of hydrogen-bond acceptors (Lipinski definition) is 5. The van der Waals surface area contributed by atoms with E-state index in [1.807, 2.05) is 62.2 Å². The lowest BCUT2D eigenvalue weighted by Crippen LogP contribution is -2.30. The van der Waals surface area contributed by atoms with Gasteiger partial charge in [0.25, 0.3) is 5.89 Å². The van der Waals surface area contributed by atoms with E-state index in [9.17, 15) is 4.79 Å². The number of nitrogens with zero attached hydrogens (tertiary/aromatic N) is 5. The molecule has 0 spiro atoms. The number of carbonyl (C=O) groups is 1. The maximum absolute atomic E-state index is 12.5. The largest absolute Gasteiger partial charge is 0.419 e. The third-order valence-electron chi connectivity index (χ3n) is 4.19. The molecule has 0 saturated carbocycles. The Morgan fingerprint density at radius 2 is 2.00 bits per heavy atom. The van der Waals surface area contributed by atoms with Gasteiger partial charge in [-0.25, -0.2) is 0 Å². The van der Waals surface area contributed by atoms with Crippen molar-refractivity contribution in [3.63, 3.8) is 0 Å². The van der Waals surface area contributed by atoms with Crippen LogP contribution in [0.1, 0.15) is 30.5 Å². The molecule has 2 heterocycles. The van der Waals surface area contributed by atoms with Crippen molar-refractivity contribution < 1.29 is 9.21 Å². The smallest absolute Gasteiger partial charge is 0.265 e. The second-order valence-corrected chi connectivity index (χ2v) is 6.19. The molecule has 3 rings (SSSR count). The minimum Gasteiger partial charge on any atom is -0.419 e. The number of amides is 1. The highest BCUT2D eigenvalue weighted by Crippen LogP contribution is 2.19. The monoisotopic (exact) mass is 353 g/mol. The minimum atomic E-state index is 0.0764. The summed E-state index contributed by atoms with van der Waals surface area (Å²) in [6, 6.07) is 11.9. The Morgan fingerprint density at radius 1 is 1.23 bits per heavy atom. The summed E-state index contributed by atoms with van der Waals surface area (Å²) in [6.45, 7) is 5.17. The molecule has 0 unspecified atom stereocenters. The molecule has 0 fully saturated rings. The topological polar surface area (TPSA) is 77.1 Å². The van der Waals surface area contributed by atoms with Crippen LogP contribution in [0.15, 0.2) is 40.8 Å². The third-order valence-corrected chi connectivity index (χ3v) is 4.19. The van der Waals surface area contributed by atoms with Crippen molar-refractivity contribution in [1.29, 1.82) is 0 Å². The molecular weight excluding hydrogens is 330 g/mol. The molecule has 0 radical (unpaired) electrons. The lowest BCUT2D eigenvalue weighted by Gasteiger charge is -2.20. The second kappa shape index (κ2) is 7.95. The minimum absolute atomic E-state index is 0.0764. The van der Waals surface area contributed by atoms with Gasteiger partial charge in [-0.3, -0.25) is 9.48 Å². The maximum atomic E-state index is 12.5. The Morgan fingerprint density at radius 3 is 2.65 bits per heavy atom. The average Bonchev–Trinajstić information content (AvgIpc) is 3.24. The standard InChI is InChI=1S/C19H23N5O2/c1-4-24(13-15-8-6-5-7-9-15)18(25)11-10-17-20-21-19(26-17)16-12-14(2)22-23(16)3/h5-9,12H,4,10-11,13H2,1-3H3. The van der Waals surface area contributed by atoms with E-state index >= 15 is 0 Å². The van der Waals surface area contributed by atoms with Crippen LogP contribution in [0.25, 0.3) is 11.6 Å². The molecular formula is C19H23N5O2. The number of aromatic nitrogens is 4. The summed E-state index contributed by atoms with van der Waals surface area (Å²) in [5.74, 6) is 0.961. The number of hydrogen-bond donors (Lipinski definition) is 0. The first-order valence-corrected chi connectivity index (χ1v) is 8.72. The van der Waals surface area contributed by atoms with E-state index in [2.05, 4.69) is 15.3 Å². The van der Waals surface area contributed by atoms with Gasteiger partial charge in [-0.05, 0) is 25.5 Å². The van der Waals surface area contributed by atoms with Gasteiger partial charge in [0.15, 0.2) is 0 Å². The molecule has 0 aliphatic heterocycles. The van der Waals surface area contributed by atoms with Gasteiger partial charge in [-0.1, -0.05) is 30.3 Å². The van der Waals surface area contributed by atoms with Crippen LogP contribution >= 0.6 is 0 Å². The van der Waals surface area contributed by atoms with Gasteiger partial charge < -0.3 is 9.32 Å². The van der Waals surface area contributed by atoms with Gasteiger partial charge in [0.1, 0.15) is 5.69 Å². The van der Waals surface area contributed by atoms with E-state index in [4.69, 9.17) is 4.42 Å². The average molecular weight is 353 g/mol. The summed E-state index contributed by atoms with van der Waals surface area (Å²) >= 11 is 0. The predicted molar refractivity (Wildman–Crippen MR) is 97.1 cm³/mol. The van der Waals surface area contributed by atoms with E-state index in [-0.39, 0.29) is 5.91 Å². The molecule has 0 atom stereocenters. The first-order chi connectivity index (χ1) is 12.6. The highest BCUT2D eigenvalue weighted by atomic mass is 16.4. The zero-order valence-corrected chi connectivity index (χ0v) is 15.3. The Labute approximate surface area is 152 Å². The van der Waals surface area contributed by atoms with Crippen LogP contribution in [0.4, 0.5) is 0 Å². The molecule has 2 aromatic heterocycles. The molecule has 7 heteroatoms. The van der Waals surface area contributed by atoms with Crippen molar-refractivity contribution in [3.05, 3.63) is 53.5 Å². The van der Waals surface area contributed by atoms with E-state index in [0.717, 1.165) is 17.0 Å². The van der Waals surface area contributed by atoms with Gasteiger partial charge >= 0.3 is 0 Å². The molecule has 1 aromatic carbocycles. The van der Waals surface area contributed by atoms with Gasteiger partial charge in [-0.2, -0.15) is 5.10 Å². The Balaban J connectivity index is 1.59. The fourth-order valence-corrected chi connectivity index (χ4v) is 2.82. The first kappa shape index (κ1) is 17.8. The van der Waals surface area contributed by atoms with Crippen molar-refractivity contribution in [2.24, 2.45) is 7.05 Å². The third kappa shape index (κ3) is 4.17. The van der Waals surface area contributed by atoms with Crippen LogP contribution in [-0.2, 0) is 24.8 Å². The molecule has 0 bridgehead atoms. The van der Waals surface area contributed by atoms with Gasteiger partial charge in [0.2, 0.25) is 11.8 Å². The fourth-order valence-electron chi connectivity index (χ4n) is 2.82. The van der Waals surface area contributed by atoms with Crippen LogP contribution in [0.5, 0.6) is 0 Å². The Hall–Kier alpha value is -2.96. The molecule has 0 saturated heterocycles. The number of carbonyl (C=O) groups excluding carboxylic acids is 1. The van der Waals surface area contributed by atoms with Crippen molar-refractivity contribution in [2.45, 2.75) is 33.2 Å². The molecule has 0 N–H and O–H groups in total. The predicted octanol–water partition coefficient (Wildman–Crippen LogP) is 2.76. The summed E-state index contributed by atoms with van der Waals surface area (Å²) in [4.78, 5) is 14.3. The quantitative estimate of drug-likeness (QED) is 0.653. The van der Waals surface area contributed by atoms with Crippen molar-refractivity contribution in [3.8, 4) is 11.6 Å². The van der Waals surface area contributed by atoms with Crippen LogP contribution in [0, 0.1) is 6.92 Å². The lowest BCUT2D eigenvalue weighted by atomic mass is 10.2. The van der Waals surface area contributed by atoms with Crippen molar-refractivity contribution in [1.82, 2.24) is 24.9 Å². The molecule has 0 aliphatic rings. The lowest BCUT2D eigenvalue weighted by molar-refractivity contribution is -0.131. The molecule has 3 aromatic rings. The SMILES string of the molecule is CCN(Cc1ccccc1)C(=O)CCc1nnc(-c2cc(C)nn2C)o1. The molecule has 0 aliphatic carbocycles. The van der Waals surface area contributed by atoms with Crippen LogP contribution in [0.2, 0.25) is 0 Å². The summed E-state index contributed by atoms with van der Waals surface area (Å²) in [6.07, 6.45) is 0.765. The van der Waals surface area contributed by atoms with E-state index in [1.165, 1.54) is 0 Å². The summed E-state index contributed by atoms with van der Waals surface area (Å²) in [5, 5.41) is 12.4. The van der Waals surface area contributed by atoms with Gasteiger partial charge in [0.05, 0.1) is 5.69 Å². The van der Waals surface area contributed by atoms with Gasteiger partial charge in [0, 0.05) is 33.0 Å². The zero-order chi connectivity index (χ0) is 18.5. The zero-order valence-electron chi connectivity index (χ0n) is 15.3. The summed E-state index contributed by atoms with van der Waals surface area (Å²) < 4.78 is 7.40. The summed E-state index contributed by atoms with van der Waals surface area (Å²) in [7, 11) is 1.83. The van der Waals surface area contributed by atoms with E-state index in [1.54, 1.807) is 4.68 Å². The van der Waals surface area contributed by atoms with E-state index in [0.29, 0.717) is 37.7 Å². The van der Waals surface area contributed by atoms with E-state index < -0.39 is 0 Å². The van der Waals surface area contributed by atoms with Crippen LogP contribution < -0.4 is 0 Å². The molecule has 1 amide bonds. The molecule has 26 heavy (non-hydrogen) atoms. The van der Waals surface area contributed by atoms with Gasteiger partial charge in [-0.15, -0.1) is 10.2 Å². The van der Waals surface area contributed by atoms with Crippen LogP contribution in [0.3, 0.4) is 0 Å². The Bertz CT molecular complexity index is 869. The Kier molecular flexibility index (Phi) is 5.46. The highest BCUT2D eigenvalue weighted by molar-refractivity contribution is 5.76. The number of aryl methyl sites for hydroxylation is 3. The van der Waals surface area contributed by atoms with Crippen molar-refractivity contribution >= 4 is 5.91 Å². The second-order valence-electron chi connectivity index (χ2n) is 6.19. The number of benzene rings is 1. The van der Waals surface area contributed by atoms with Crippen molar-refractivity contribution in [2.75, 3.05) is 6.54 Å². The summed E-state index contributed by atoms with van der Waals surface area (Å²) in [5.41, 5.74) is 2.78. The first-order valence-electron chi connectivity index (χ1n) is 8.72. The molecule has 136 valence electrons. The maximum Gasteiger partial charge on any atom is 0.265 e.